The van der Waals surface area contributed by atoms with Crippen LogP contribution >= 0.6 is 0 Å². The Hall–Kier alpha value is -1.40. The zero-order valence-corrected chi connectivity index (χ0v) is 12.0. The fourth-order valence-corrected chi connectivity index (χ4v) is 5.06. The largest absolute Gasteiger partial charge is 0.481 e. The van der Waals surface area contributed by atoms with Gasteiger partial charge in [-0.1, -0.05) is 17.7 Å². The minimum Gasteiger partial charge on any atom is -0.481 e. The molecule has 1 aliphatic heterocycles. The molecule has 3 rings (SSSR count). The highest BCUT2D eigenvalue weighted by molar-refractivity contribution is 7.89. The molecule has 1 N–H and O–H groups in total. The molecule has 20 heavy (non-hydrogen) atoms. The third-order valence-corrected chi connectivity index (χ3v) is 6.37. The Labute approximate surface area is 118 Å². The van der Waals surface area contributed by atoms with Gasteiger partial charge in [-0.05, 0) is 37.8 Å². The van der Waals surface area contributed by atoms with Crippen molar-refractivity contribution in [2.45, 2.75) is 30.7 Å². The van der Waals surface area contributed by atoms with Crippen LogP contribution in [0.2, 0.25) is 0 Å². The van der Waals surface area contributed by atoms with Gasteiger partial charge in [0.15, 0.2) is 0 Å². The van der Waals surface area contributed by atoms with Gasteiger partial charge in [0.1, 0.15) is 0 Å². The first-order valence-electron chi connectivity index (χ1n) is 6.71. The average molecular weight is 295 g/mol. The number of hydrogen-bond acceptors (Lipinski definition) is 3. The number of piperidine rings is 1. The zero-order valence-electron chi connectivity index (χ0n) is 11.2. The number of aryl methyl sites for hydroxylation is 1. The van der Waals surface area contributed by atoms with E-state index < -0.39 is 16.0 Å². The second-order valence-electron chi connectivity index (χ2n) is 5.72. The number of carbonyl (C=O) groups is 1. The van der Waals surface area contributed by atoms with Crippen molar-refractivity contribution in [1.29, 1.82) is 0 Å². The first kappa shape index (κ1) is 13.6. The van der Waals surface area contributed by atoms with Crippen molar-refractivity contribution in [3.8, 4) is 0 Å². The molecule has 5 nitrogen and oxygen atoms in total. The van der Waals surface area contributed by atoms with Gasteiger partial charge in [-0.2, -0.15) is 4.31 Å². The molecule has 6 heteroatoms. The maximum Gasteiger partial charge on any atom is 0.306 e. The summed E-state index contributed by atoms with van der Waals surface area (Å²) >= 11 is 0. The molecule has 108 valence electrons. The van der Waals surface area contributed by atoms with E-state index in [2.05, 4.69) is 0 Å². The van der Waals surface area contributed by atoms with Crippen molar-refractivity contribution < 1.29 is 18.3 Å². The molecule has 1 saturated carbocycles. The molecule has 3 atom stereocenters. The minimum absolute atomic E-state index is 0.0438. The number of nitrogens with zero attached hydrogens (tertiary/aromatic N) is 1. The number of sulfonamides is 1. The van der Waals surface area contributed by atoms with Crippen LogP contribution in [0.4, 0.5) is 0 Å². The number of hydrogen-bond donors (Lipinski definition) is 1. The molecular weight excluding hydrogens is 278 g/mol. The van der Waals surface area contributed by atoms with Crippen molar-refractivity contribution in [3.63, 3.8) is 0 Å². The van der Waals surface area contributed by atoms with Gasteiger partial charge in [-0.25, -0.2) is 8.42 Å². The molecule has 2 aliphatic rings. The van der Waals surface area contributed by atoms with Crippen LogP contribution in [0.15, 0.2) is 29.2 Å². The highest BCUT2D eigenvalue weighted by Gasteiger charge is 2.51. The summed E-state index contributed by atoms with van der Waals surface area (Å²) in [6.07, 6.45) is 1.10. The van der Waals surface area contributed by atoms with Crippen molar-refractivity contribution in [3.05, 3.63) is 29.8 Å². The molecule has 1 unspecified atom stereocenters. The van der Waals surface area contributed by atoms with E-state index in [1.165, 1.54) is 4.31 Å². The van der Waals surface area contributed by atoms with Crippen LogP contribution in [0.25, 0.3) is 0 Å². The maximum atomic E-state index is 12.6. The fourth-order valence-electron chi connectivity index (χ4n) is 3.36. The van der Waals surface area contributed by atoms with E-state index in [-0.39, 0.29) is 17.9 Å². The summed E-state index contributed by atoms with van der Waals surface area (Å²) in [5, 5.41) is 9.10. The molecule has 1 heterocycles. The third-order valence-electron chi connectivity index (χ3n) is 4.44. The van der Waals surface area contributed by atoms with Gasteiger partial charge in [0, 0.05) is 12.6 Å². The van der Waals surface area contributed by atoms with Crippen molar-refractivity contribution in [2.24, 2.45) is 11.8 Å². The van der Waals surface area contributed by atoms with Crippen molar-refractivity contribution in [2.75, 3.05) is 6.54 Å². The van der Waals surface area contributed by atoms with Gasteiger partial charge >= 0.3 is 5.97 Å². The quantitative estimate of drug-likeness (QED) is 0.916. The highest BCUT2D eigenvalue weighted by atomic mass is 32.2. The molecule has 1 saturated heterocycles. The van der Waals surface area contributed by atoms with Gasteiger partial charge in [0.05, 0.1) is 10.8 Å². The lowest BCUT2D eigenvalue weighted by Gasteiger charge is -2.29. The number of carboxylic acids is 1. The second-order valence-corrected chi connectivity index (χ2v) is 7.61. The Morgan fingerprint density at radius 3 is 2.40 bits per heavy atom. The predicted octanol–water partition coefficient (Wildman–Crippen LogP) is 1.48. The molecule has 1 aromatic carbocycles. The summed E-state index contributed by atoms with van der Waals surface area (Å²) in [4.78, 5) is 11.4. The maximum absolute atomic E-state index is 12.6. The molecule has 0 radical (unpaired) electrons. The Morgan fingerprint density at radius 1 is 1.25 bits per heavy atom. The number of carboxylic acid groups (broad SMARTS) is 1. The zero-order chi connectivity index (χ0) is 14.5. The van der Waals surface area contributed by atoms with Crippen LogP contribution in [-0.4, -0.2) is 36.4 Å². The molecule has 0 amide bonds. The SMILES string of the molecule is Cc1ccc(S(=O)(=O)N2C[C@H]3C[C@@H]2CC3C(=O)O)cc1. The molecule has 0 aromatic heterocycles. The molecular formula is C14H17NO4S. The van der Waals surface area contributed by atoms with Crippen LogP contribution in [0.5, 0.6) is 0 Å². The van der Waals surface area contributed by atoms with Gasteiger partial charge in [0.25, 0.3) is 0 Å². The number of aliphatic carboxylic acids is 1. The van der Waals surface area contributed by atoms with Crippen molar-refractivity contribution in [1.82, 2.24) is 4.31 Å². The number of benzene rings is 1. The molecule has 2 fully saturated rings. The Kier molecular flexibility index (Phi) is 3.10. The summed E-state index contributed by atoms with van der Waals surface area (Å²) in [6, 6.07) is 6.63. The number of rotatable bonds is 3. The summed E-state index contributed by atoms with van der Waals surface area (Å²) < 4.78 is 26.7. The summed E-state index contributed by atoms with van der Waals surface area (Å²) in [7, 11) is -3.50. The lowest BCUT2D eigenvalue weighted by atomic mass is 9.96. The van der Waals surface area contributed by atoms with Crippen molar-refractivity contribution >= 4 is 16.0 Å². The summed E-state index contributed by atoms with van der Waals surface area (Å²) in [5.41, 5.74) is 1.01. The van der Waals surface area contributed by atoms with Gasteiger partial charge < -0.3 is 5.11 Å². The van der Waals surface area contributed by atoms with Gasteiger partial charge in [0.2, 0.25) is 10.0 Å². The minimum atomic E-state index is -3.50. The van der Waals surface area contributed by atoms with E-state index in [0.717, 1.165) is 5.56 Å². The van der Waals surface area contributed by atoms with Crippen LogP contribution in [0.3, 0.4) is 0 Å². The second kappa shape index (κ2) is 4.56. The van der Waals surface area contributed by atoms with Gasteiger partial charge in [-0.15, -0.1) is 0 Å². The Balaban J connectivity index is 1.85. The van der Waals surface area contributed by atoms with E-state index in [4.69, 9.17) is 5.11 Å². The first-order chi connectivity index (χ1) is 9.39. The summed E-state index contributed by atoms with van der Waals surface area (Å²) in [5.74, 6) is -1.23. The number of fused-ring (bicyclic) bond motifs is 2. The Morgan fingerprint density at radius 2 is 1.90 bits per heavy atom. The van der Waals surface area contributed by atoms with E-state index in [1.807, 2.05) is 6.92 Å². The fraction of sp³-hybridized carbons (Fsp3) is 0.500. The lowest BCUT2D eigenvalue weighted by Crippen LogP contribution is -2.41. The van der Waals surface area contributed by atoms with E-state index >= 15 is 0 Å². The topological polar surface area (TPSA) is 74.7 Å². The van der Waals surface area contributed by atoms with E-state index in [9.17, 15) is 13.2 Å². The summed E-state index contributed by atoms with van der Waals surface area (Å²) in [6.45, 7) is 2.24. The molecule has 0 spiro atoms. The highest BCUT2D eigenvalue weighted by Crippen LogP contribution is 2.44. The normalized spacial score (nSPS) is 29.8. The predicted molar refractivity (Wildman–Crippen MR) is 72.7 cm³/mol. The molecule has 2 bridgehead atoms. The van der Waals surface area contributed by atoms with E-state index in [1.54, 1.807) is 24.3 Å². The van der Waals surface area contributed by atoms with Gasteiger partial charge in [-0.3, -0.25) is 4.79 Å². The standard InChI is InChI=1S/C14H17NO4S/c1-9-2-4-12(5-3-9)20(18,19)15-8-10-6-11(15)7-13(10)14(16)17/h2-5,10-11,13H,6-8H2,1H3,(H,16,17)/t10-,11-,13?/m1/s1. The monoisotopic (exact) mass is 295 g/mol. The van der Waals surface area contributed by atoms with Crippen LogP contribution in [-0.2, 0) is 14.8 Å². The van der Waals surface area contributed by atoms with Crippen LogP contribution < -0.4 is 0 Å². The smallest absolute Gasteiger partial charge is 0.306 e. The first-order valence-corrected chi connectivity index (χ1v) is 8.15. The van der Waals surface area contributed by atoms with Crippen LogP contribution in [0, 0.1) is 18.8 Å². The third kappa shape index (κ3) is 2.03. The van der Waals surface area contributed by atoms with E-state index in [0.29, 0.717) is 24.3 Å². The van der Waals surface area contributed by atoms with Crippen LogP contribution in [0.1, 0.15) is 18.4 Å². The molecule has 1 aromatic rings. The lowest BCUT2D eigenvalue weighted by molar-refractivity contribution is -0.143. The Bertz CT molecular complexity index is 638. The average Bonchev–Trinajstić information content (AvgIpc) is 2.99. The molecule has 1 aliphatic carbocycles.